The van der Waals surface area contributed by atoms with Crippen molar-refractivity contribution in [3.8, 4) is 0 Å². The standard InChI is InChI=1S/C15H28N2O/c1-15(2,3)5-4-14(18)17-13-8-10-6-12(16)7-11(10)9-13/h10-13H,4-9,16H2,1-3H3,(H,17,18). The first-order valence-electron chi connectivity index (χ1n) is 7.38. The largest absolute Gasteiger partial charge is 0.353 e. The van der Waals surface area contributed by atoms with Gasteiger partial charge in [0.25, 0.3) is 0 Å². The molecule has 0 saturated heterocycles. The van der Waals surface area contributed by atoms with Gasteiger partial charge in [0.05, 0.1) is 0 Å². The average molecular weight is 252 g/mol. The van der Waals surface area contributed by atoms with E-state index in [9.17, 15) is 4.79 Å². The molecule has 3 N–H and O–H groups in total. The Morgan fingerprint density at radius 1 is 1.17 bits per heavy atom. The molecule has 0 spiro atoms. The number of fused-ring (bicyclic) bond motifs is 1. The highest BCUT2D eigenvalue weighted by molar-refractivity contribution is 5.76. The van der Waals surface area contributed by atoms with Gasteiger partial charge in [-0.25, -0.2) is 0 Å². The van der Waals surface area contributed by atoms with Crippen molar-refractivity contribution >= 4 is 5.91 Å². The second-order valence-electron chi connectivity index (χ2n) is 7.55. The molecule has 104 valence electrons. The molecular formula is C15H28N2O. The van der Waals surface area contributed by atoms with E-state index < -0.39 is 0 Å². The number of amides is 1. The van der Waals surface area contributed by atoms with Gasteiger partial charge in [-0.15, -0.1) is 0 Å². The zero-order valence-electron chi connectivity index (χ0n) is 12.0. The van der Waals surface area contributed by atoms with E-state index in [2.05, 4.69) is 26.1 Å². The van der Waals surface area contributed by atoms with Gasteiger partial charge in [-0.2, -0.15) is 0 Å². The van der Waals surface area contributed by atoms with Gasteiger partial charge in [0.15, 0.2) is 0 Å². The zero-order valence-corrected chi connectivity index (χ0v) is 12.0. The number of rotatable bonds is 3. The molecule has 18 heavy (non-hydrogen) atoms. The Morgan fingerprint density at radius 2 is 1.72 bits per heavy atom. The van der Waals surface area contributed by atoms with Crippen LogP contribution in [0.1, 0.15) is 59.3 Å². The molecule has 0 aromatic heterocycles. The van der Waals surface area contributed by atoms with Gasteiger partial charge < -0.3 is 11.1 Å². The van der Waals surface area contributed by atoms with E-state index in [4.69, 9.17) is 5.73 Å². The van der Waals surface area contributed by atoms with E-state index in [1.54, 1.807) is 0 Å². The van der Waals surface area contributed by atoms with Crippen LogP contribution < -0.4 is 11.1 Å². The van der Waals surface area contributed by atoms with Crippen molar-refractivity contribution in [2.24, 2.45) is 23.0 Å². The van der Waals surface area contributed by atoms with Crippen LogP contribution in [-0.4, -0.2) is 18.0 Å². The van der Waals surface area contributed by atoms with Gasteiger partial charge in [0, 0.05) is 18.5 Å². The summed E-state index contributed by atoms with van der Waals surface area (Å²) in [6.07, 6.45) is 6.26. The smallest absolute Gasteiger partial charge is 0.220 e. The first-order chi connectivity index (χ1) is 8.33. The molecule has 2 aliphatic carbocycles. The Morgan fingerprint density at radius 3 is 2.22 bits per heavy atom. The molecule has 0 radical (unpaired) electrons. The molecule has 2 saturated carbocycles. The van der Waals surface area contributed by atoms with Crippen molar-refractivity contribution in [2.75, 3.05) is 0 Å². The molecule has 0 aromatic rings. The predicted octanol–water partition coefficient (Wildman–Crippen LogP) is 2.44. The van der Waals surface area contributed by atoms with Crippen molar-refractivity contribution in [2.45, 2.75) is 71.4 Å². The van der Waals surface area contributed by atoms with Crippen molar-refractivity contribution in [1.29, 1.82) is 0 Å². The quantitative estimate of drug-likeness (QED) is 0.810. The third-order valence-corrected chi connectivity index (χ3v) is 4.52. The van der Waals surface area contributed by atoms with E-state index in [1.807, 2.05) is 0 Å². The lowest BCUT2D eigenvalue weighted by atomic mass is 9.90. The Kier molecular flexibility index (Phi) is 4.00. The number of carbonyl (C=O) groups is 1. The third-order valence-electron chi connectivity index (χ3n) is 4.52. The number of hydrogen-bond acceptors (Lipinski definition) is 2. The van der Waals surface area contributed by atoms with Crippen LogP contribution in [0.5, 0.6) is 0 Å². The molecule has 2 aliphatic rings. The van der Waals surface area contributed by atoms with Crippen LogP contribution in [0.2, 0.25) is 0 Å². The van der Waals surface area contributed by atoms with Gasteiger partial charge in [-0.05, 0) is 49.4 Å². The molecule has 2 fully saturated rings. The number of carbonyl (C=O) groups excluding carboxylic acids is 1. The maximum atomic E-state index is 11.9. The van der Waals surface area contributed by atoms with Crippen LogP contribution in [0.3, 0.4) is 0 Å². The molecule has 3 heteroatoms. The van der Waals surface area contributed by atoms with Crippen LogP contribution in [0.4, 0.5) is 0 Å². The molecule has 3 nitrogen and oxygen atoms in total. The van der Waals surface area contributed by atoms with E-state index in [0.29, 0.717) is 18.5 Å². The SMILES string of the molecule is CC(C)(C)CCC(=O)NC1CC2CC(N)CC2C1. The van der Waals surface area contributed by atoms with Gasteiger partial charge in [0.2, 0.25) is 5.91 Å². The molecule has 2 unspecified atom stereocenters. The van der Waals surface area contributed by atoms with Crippen LogP contribution >= 0.6 is 0 Å². The molecule has 1 amide bonds. The highest BCUT2D eigenvalue weighted by atomic mass is 16.1. The van der Waals surface area contributed by atoms with E-state index in [-0.39, 0.29) is 11.3 Å². The van der Waals surface area contributed by atoms with Gasteiger partial charge in [0.1, 0.15) is 0 Å². The molecule has 0 aromatic carbocycles. The molecular weight excluding hydrogens is 224 g/mol. The average Bonchev–Trinajstić information content (AvgIpc) is 2.70. The summed E-state index contributed by atoms with van der Waals surface area (Å²) in [6, 6.07) is 0.831. The summed E-state index contributed by atoms with van der Waals surface area (Å²) in [5.74, 6) is 1.78. The predicted molar refractivity (Wildman–Crippen MR) is 74.0 cm³/mol. The molecule has 0 aliphatic heterocycles. The Labute approximate surface area is 111 Å². The van der Waals surface area contributed by atoms with Gasteiger partial charge in [-0.3, -0.25) is 4.79 Å². The second kappa shape index (κ2) is 5.20. The minimum absolute atomic E-state index is 0.235. The highest BCUT2D eigenvalue weighted by Crippen LogP contribution is 2.43. The van der Waals surface area contributed by atoms with Crippen LogP contribution in [0.15, 0.2) is 0 Å². The lowest BCUT2D eigenvalue weighted by Gasteiger charge is -2.19. The normalized spacial score (nSPS) is 35.6. The van der Waals surface area contributed by atoms with Crippen LogP contribution in [-0.2, 0) is 4.79 Å². The van der Waals surface area contributed by atoms with Crippen molar-refractivity contribution < 1.29 is 4.79 Å². The zero-order chi connectivity index (χ0) is 13.3. The van der Waals surface area contributed by atoms with E-state index in [0.717, 1.165) is 31.1 Å². The molecule has 0 bridgehead atoms. The minimum Gasteiger partial charge on any atom is -0.353 e. The summed E-state index contributed by atoms with van der Waals surface area (Å²) >= 11 is 0. The lowest BCUT2D eigenvalue weighted by molar-refractivity contribution is -0.122. The van der Waals surface area contributed by atoms with Crippen LogP contribution in [0, 0.1) is 17.3 Å². The maximum Gasteiger partial charge on any atom is 0.220 e. The summed E-state index contributed by atoms with van der Waals surface area (Å²) in [4.78, 5) is 11.9. The van der Waals surface area contributed by atoms with E-state index >= 15 is 0 Å². The number of hydrogen-bond donors (Lipinski definition) is 2. The third kappa shape index (κ3) is 3.71. The van der Waals surface area contributed by atoms with Crippen molar-refractivity contribution in [3.05, 3.63) is 0 Å². The van der Waals surface area contributed by atoms with Gasteiger partial charge >= 0.3 is 0 Å². The second-order valence-corrected chi connectivity index (χ2v) is 7.55. The fraction of sp³-hybridized carbons (Fsp3) is 0.933. The Bertz CT molecular complexity index is 294. The number of nitrogens with two attached hydrogens (primary N) is 1. The minimum atomic E-state index is 0.235. The van der Waals surface area contributed by atoms with E-state index in [1.165, 1.54) is 12.8 Å². The Hall–Kier alpha value is -0.570. The summed E-state index contributed by atoms with van der Waals surface area (Å²) in [6.45, 7) is 6.55. The topological polar surface area (TPSA) is 55.1 Å². The fourth-order valence-electron chi connectivity index (χ4n) is 3.57. The van der Waals surface area contributed by atoms with Crippen molar-refractivity contribution in [1.82, 2.24) is 5.32 Å². The summed E-state index contributed by atoms with van der Waals surface area (Å²) in [7, 11) is 0. The number of nitrogens with one attached hydrogen (secondary N) is 1. The highest BCUT2D eigenvalue weighted by Gasteiger charge is 2.40. The monoisotopic (exact) mass is 252 g/mol. The molecule has 2 rings (SSSR count). The summed E-state index contributed by atoms with van der Waals surface area (Å²) < 4.78 is 0. The first-order valence-corrected chi connectivity index (χ1v) is 7.38. The van der Waals surface area contributed by atoms with Gasteiger partial charge in [-0.1, -0.05) is 20.8 Å². The summed E-state index contributed by atoms with van der Waals surface area (Å²) in [5, 5.41) is 3.22. The first kappa shape index (κ1) is 13.9. The fourth-order valence-corrected chi connectivity index (χ4v) is 3.57. The summed E-state index contributed by atoms with van der Waals surface area (Å²) in [5.41, 5.74) is 6.23. The Balaban J connectivity index is 1.71. The lowest BCUT2D eigenvalue weighted by Crippen LogP contribution is -2.34. The molecule has 0 heterocycles. The maximum absolute atomic E-state index is 11.9. The molecule has 2 atom stereocenters. The van der Waals surface area contributed by atoms with Crippen LogP contribution in [0.25, 0.3) is 0 Å². The van der Waals surface area contributed by atoms with Crippen molar-refractivity contribution in [3.63, 3.8) is 0 Å².